The van der Waals surface area contributed by atoms with Crippen LogP contribution >= 0.6 is 11.6 Å². The predicted molar refractivity (Wildman–Crippen MR) is 92.0 cm³/mol. The number of hydrogen-bond donors (Lipinski definition) is 0. The summed E-state index contributed by atoms with van der Waals surface area (Å²) in [5.74, 6) is -0.172. The maximum absolute atomic E-state index is 10.6. The molecule has 126 valence electrons. The number of halogens is 1. The van der Waals surface area contributed by atoms with E-state index in [1.54, 1.807) is 0 Å². The largest absolute Gasteiger partial charge is 0.466 e. The van der Waals surface area contributed by atoms with Gasteiger partial charge in [-0.1, -0.05) is 71.1 Å². The molecule has 0 aromatic carbocycles. The molecule has 21 heavy (non-hydrogen) atoms. The highest BCUT2D eigenvalue weighted by Gasteiger charge is 2.04. The minimum atomic E-state index is -0.172. The molecule has 0 aliphatic carbocycles. The lowest BCUT2D eigenvalue weighted by molar-refractivity contribution is -0.141. The maximum atomic E-state index is 10.6. The molecule has 0 N–H and O–H groups in total. The lowest BCUT2D eigenvalue weighted by Crippen LogP contribution is -2.00. The van der Waals surface area contributed by atoms with Gasteiger partial charge in [0.1, 0.15) is 0 Å². The molecule has 1 atom stereocenters. The van der Waals surface area contributed by atoms with Crippen LogP contribution in [0.5, 0.6) is 0 Å². The summed E-state index contributed by atoms with van der Waals surface area (Å²) < 4.78 is 4.91. The Labute approximate surface area is 137 Å². The fraction of sp³-hybridized carbons (Fsp3) is 0.944. The summed E-state index contributed by atoms with van der Waals surface area (Å²) in [6.07, 6.45) is 16.3. The molecular weight excluding hydrogens is 284 g/mol. The Morgan fingerprint density at radius 3 is 1.86 bits per heavy atom. The number of rotatable bonds is 15. The van der Waals surface area contributed by atoms with Crippen LogP contribution in [0.25, 0.3) is 0 Å². The van der Waals surface area contributed by atoms with Gasteiger partial charge in [0.2, 0.25) is 0 Å². The van der Waals surface area contributed by atoms with Crippen molar-refractivity contribution in [2.24, 2.45) is 0 Å². The second kappa shape index (κ2) is 16.1. The minimum absolute atomic E-state index is 0.172. The van der Waals surface area contributed by atoms with Crippen LogP contribution < -0.4 is 0 Å². The molecule has 0 saturated heterocycles. The van der Waals surface area contributed by atoms with Crippen LogP contribution in [-0.2, 0) is 9.53 Å². The van der Waals surface area contributed by atoms with Gasteiger partial charge >= 0.3 is 5.97 Å². The third-order valence-corrected chi connectivity index (χ3v) is 4.27. The summed E-state index contributed by atoms with van der Waals surface area (Å²) in [7, 11) is 0. The first kappa shape index (κ1) is 20.8. The first-order valence-corrected chi connectivity index (χ1v) is 9.38. The topological polar surface area (TPSA) is 26.3 Å². The van der Waals surface area contributed by atoms with Crippen molar-refractivity contribution >= 4 is 17.6 Å². The molecule has 0 aliphatic heterocycles. The van der Waals surface area contributed by atoms with Gasteiger partial charge in [-0.2, -0.15) is 0 Å². The van der Waals surface area contributed by atoms with Crippen LogP contribution in [0, 0.1) is 0 Å². The number of unbranched alkanes of at least 4 members (excludes halogenated alkanes) is 9. The highest BCUT2D eigenvalue weighted by molar-refractivity contribution is 6.20. The monoisotopic (exact) mass is 318 g/mol. The number of carbonyl (C=O) groups excluding carboxylic acids is 1. The van der Waals surface area contributed by atoms with E-state index in [2.05, 4.69) is 6.92 Å². The molecule has 0 aromatic rings. The lowest BCUT2D eigenvalue weighted by atomic mass is 10.0. The first-order valence-electron chi connectivity index (χ1n) is 8.94. The van der Waals surface area contributed by atoms with Gasteiger partial charge in [-0.15, -0.1) is 11.6 Å². The van der Waals surface area contributed by atoms with Crippen LogP contribution in [-0.4, -0.2) is 18.0 Å². The fourth-order valence-corrected chi connectivity index (χ4v) is 2.81. The Balaban J connectivity index is 3.15. The predicted octanol–water partition coefficient (Wildman–Crippen LogP) is 6.25. The summed E-state index contributed by atoms with van der Waals surface area (Å²) in [6.45, 7) is 4.29. The Bertz CT molecular complexity index is 231. The van der Waals surface area contributed by atoms with E-state index in [-0.39, 0.29) is 5.97 Å². The molecule has 2 nitrogen and oxygen atoms in total. The van der Waals surface area contributed by atoms with Gasteiger partial charge in [0, 0.05) is 12.3 Å². The molecule has 0 aliphatic rings. The van der Waals surface area contributed by atoms with Crippen molar-refractivity contribution in [3.05, 3.63) is 0 Å². The minimum Gasteiger partial charge on any atom is -0.466 e. The van der Waals surface area contributed by atoms with Crippen molar-refractivity contribution in [3.63, 3.8) is 0 Å². The lowest BCUT2D eigenvalue weighted by Gasteiger charge is -2.09. The zero-order valence-corrected chi connectivity index (χ0v) is 14.9. The maximum Gasteiger partial charge on any atom is 0.302 e. The summed E-state index contributed by atoms with van der Waals surface area (Å²) >= 11 is 6.36. The number of esters is 1. The van der Waals surface area contributed by atoms with Gasteiger partial charge in [0.15, 0.2) is 0 Å². The third-order valence-electron chi connectivity index (χ3n) is 3.84. The number of alkyl halides is 1. The number of hydrogen-bond acceptors (Lipinski definition) is 2. The average Bonchev–Trinajstić information content (AvgIpc) is 2.45. The zero-order valence-electron chi connectivity index (χ0n) is 14.2. The SMILES string of the molecule is CCCCCCCCC(Cl)CCCCCCCOC(C)=O. The molecule has 3 heteroatoms. The molecule has 0 radical (unpaired) electrons. The average molecular weight is 319 g/mol. The molecule has 1 unspecified atom stereocenters. The van der Waals surface area contributed by atoms with Crippen molar-refractivity contribution in [2.45, 2.75) is 103 Å². The van der Waals surface area contributed by atoms with Crippen molar-refractivity contribution < 1.29 is 9.53 Å². The molecule has 0 heterocycles. The highest BCUT2D eigenvalue weighted by atomic mass is 35.5. The standard InChI is InChI=1S/C18H35ClO2/c1-3-4-5-6-8-11-14-18(19)15-12-9-7-10-13-16-21-17(2)20/h18H,3-16H2,1-2H3. The van der Waals surface area contributed by atoms with Crippen molar-refractivity contribution in [3.8, 4) is 0 Å². The van der Waals surface area contributed by atoms with E-state index in [4.69, 9.17) is 16.3 Å². The second-order valence-electron chi connectivity index (χ2n) is 6.05. The van der Waals surface area contributed by atoms with Crippen LogP contribution in [0.3, 0.4) is 0 Å². The van der Waals surface area contributed by atoms with Gasteiger partial charge < -0.3 is 4.74 Å². The van der Waals surface area contributed by atoms with Gasteiger partial charge in [-0.05, 0) is 19.3 Å². The van der Waals surface area contributed by atoms with Crippen molar-refractivity contribution in [2.75, 3.05) is 6.61 Å². The van der Waals surface area contributed by atoms with Crippen LogP contribution in [0.1, 0.15) is 97.3 Å². The van der Waals surface area contributed by atoms with E-state index in [0.29, 0.717) is 12.0 Å². The first-order chi connectivity index (χ1) is 10.2. The van der Waals surface area contributed by atoms with Crippen molar-refractivity contribution in [1.82, 2.24) is 0 Å². The van der Waals surface area contributed by atoms with Crippen LogP contribution in [0.15, 0.2) is 0 Å². The van der Waals surface area contributed by atoms with E-state index < -0.39 is 0 Å². The smallest absolute Gasteiger partial charge is 0.302 e. The molecule has 0 fully saturated rings. The summed E-state index contributed by atoms with van der Waals surface area (Å²) in [5, 5.41) is 0.372. The number of ether oxygens (including phenoxy) is 1. The van der Waals surface area contributed by atoms with E-state index in [9.17, 15) is 4.79 Å². The second-order valence-corrected chi connectivity index (χ2v) is 6.67. The Morgan fingerprint density at radius 2 is 1.33 bits per heavy atom. The van der Waals surface area contributed by atoms with Gasteiger partial charge in [-0.3, -0.25) is 4.79 Å². The molecule has 0 amide bonds. The van der Waals surface area contributed by atoms with E-state index in [1.807, 2.05) is 0 Å². The zero-order chi connectivity index (χ0) is 15.8. The molecule has 0 saturated carbocycles. The molecule has 0 bridgehead atoms. The summed E-state index contributed by atoms with van der Waals surface area (Å²) in [6, 6.07) is 0. The summed E-state index contributed by atoms with van der Waals surface area (Å²) in [4.78, 5) is 10.6. The normalized spacial score (nSPS) is 12.3. The summed E-state index contributed by atoms with van der Waals surface area (Å²) in [5.41, 5.74) is 0. The fourth-order valence-electron chi connectivity index (χ4n) is 2.50. The van der Waals surface area contributed by atoms with Gasteiger partial charge in [0.25, 0.3) is 0 Å². The molecular formula is C18H35ClO2. The van der Waals surface area contributed by atoms with E-state index >= 15 is 0 Å². The van der Waals surface area contributed by atoms with Crippen molar-refractivity contribution in [1.29, 1.82) is 0 Å². The quantitative estimate of drug-likeness (QED) is 0.203. The Kier molecular flexibility index (Phi) is 16.0. The number of carbonyl (C=O) groups is 1. The highest BCUT2D eigenvalue weighted by Crippen LogP contribution is 2.17. The van der Waals surface area contributed by atoms with Gasteiger partial charge in [-0.25, -0.2) is 0 Å². The van der Waals surface area contributed by atoms with Crippen LogP contribution in [0.4, 0.5) is 0 Å². The van der Waals surface area contributed by atoms with E-state index in [1.165, 1.54) is 71.1 Å². The third kappa shape index (κ3) is 17.7. The molecule has 0 spiro atoms. The molecule has 0 rings (SSSR count). The molecule has 0 aromatic heterocycles. The van der Waals surface area contributed by atoms with Gasteiger partial charge in [0.05, 0.1) is 6.61 Å². The Hall–Kier alpha value is -0.240. The van der Waals surface area contributed by atoms with Crippen LogP contribution in [0.2, 0.25) is 0 Å². The Morgan fingerprint density at radius 1 is 0.857 bits per heavy atom. The van der Waals surface area contributed by atoms with E-state index in [0.717, 1.165) is 19.3 Å².